The fraction of sp³-hybridized carbons (Fsp3) is 0.231. The van der Waals surface area contributed by atoms with Gasteiger partial charge in [0.05, 0.1) is 5.69 Å². The van der Waals surface area contributed by atoms with Gasteiger partial charge in [0.25, 0.3) is 0 Å². The summed E-state index contributed by atoms with van der Waals surface area (Å²) in [4.78, 5) is 8.48. The number of hydrogen-bond acceptors (Lipinski definition) is 4. The van der Waals surface area contributed by atoms with Crippen LogP contribution in [0.5, 0.6) is 0 Å². The smallest absolute Gasteiger partial charge is 0.224 e. The lowest BCUT2D eigenvalue weighted by Gasteiger charge is -2.07. The topological polar surface area (TPSA) is 58.0 Å². The minimum atomic E-state index is 0.138. The number of anilines is 1. The molecule has 0 bridgehead atoms. The lowest BCUT2D eigenvalue weighted by molar-refractivity contribution is 0.292. The summed E-state index contributed by atoms with van der Waals surface area (Å²) in [5.41, 5.74) is 1.77. The van der Waals surface area contributed by atoms with Gasteiger partial charge in [-0.2, -0.15) is 0 Å². The lowest BCUT2D eigenvalue weighted by Crippen LogP contribution is -2.07. The van der Waals surface area contributed by atoms with Crippen LogP contribution in [0.1, 0.15) is 6.42 Å². The highest BCUT2D eigenvalue weighted by molar-refractivity contribution is 6.29. The molecule has 0 aliphatic rings. The van der Waals surface area contributed by atoms with Gasteiger partial charge in [-0.15, -0.1) is 0 Å². The molecule has 0 amide bonds. The van der Waals surface area contributed by atoms with Gasteiger partial charge in [-0.1, -0.05) is 41.9 Å². The minimum Gasteiger partial charge on any atom is -0.396 e. The third-order valence-corrected chi connectivity index (χ3v) is 2.58. The number of halogens is 1. The van der Waals surface area contributed by atoms with Crippen LogP contribution >= 0.6 is 11.6 Å². The predicted molar refractivity (Wildman–Crippen MR) is 72.7 cm³/mol. The van der Waals surface area contributed by atoms with Crippen molar-refractivity contribution < 1.29 is 5.11 Å². The zero-order chi connectivity index (χ0) is 12.8. The Morgan fingerprint density at radius 2 is 1.94 bits per heavy atom. The van der Waals surface area contributed by atoms with Gasteiger partial charge in [-0.25, -0.2) is 9.97 Å². The van der Waals surface area contributed by atoms with Crippen molar-refractivity contribution in [2.24, 2.45) is 0 Å². The van der Waals surface area contributed by atoms with E-state index in [-0.39, 0.29) is 6.61 Å². The Hall–Kier alpha value is -1.65. The number of aliphatic hydroxyl groups excluding tert-OH is 1. The number of nitrogens with zero attached hydrogens (tertiary/aromatic N) is 2. The molecule has 2 rings (SSSR count). The van der Waals surface area contributed by atoms with Gasteiger partial charge in [0, 0.05) is 24.8 Å². The Balaban J connectivity index is 2.21. The number of nitrogens with one attached hydrogen (secondary N) is 1. The van der Waals surface area contributed by atoms with E-state index in [1.54, 1.807) is 6.07 Å². The fourth-order valence-corrected chi connectivity index (χ4v) is 1.72. The molecule has 0 fully saturated rings. The van der Waals surface area contributed by atoms with E-state index in [0.717, 1.165) is 11.3 Å². The molecule has 2 N–H and O–H groups in total. The first-order valence-electron chi connectivity index (χ1n) is 5.74. The third kappa shape index (κ3) is 3.42. The maximum atomic E-state index is 8.72. The molecule has 94 valence electrons. The molecular weight excluding hydrogens is 250 g/mol. The Kier molecular flexibility index (Phi) is 4.50. The standard InChI is InChI=1S/C13H14ClN3O/c14-12-9-11(10-5-2-1-3-6-10)16-13(17-12)15-7-4-8-18/h1-3,5-6,9,18H,4,7-8H2,(H,15,16,17). The van der Waals surface area contributed by atoms with Crippen molar-refractivity contribution in [3.8, 4) is 11.3 Å². The molecular formula is C13H14ClN3O. The van der Waals surface area contributed by atoms with Crippen molar-refractivity contribution in [3.05, 3.63) is 41.6 Å². The molecule has 1 aromatic heterocycles. The van der Waals surface area contributed by atoms with Crippen molar-refractivity contribution in [1.82, 2.24) is 9.97 Å². The summed E-state index contributed by atoms with van der Waals surface area (Å²) in [6.45, 7) is 0.754. The Morgan fingerprint density at radius 3 is 2.67 bits per heavy atom. The van der Waals surface area contributed by atoms with Gasteiger partial charge in [-0.3, -0.25) is 0 Å². The van der Waals surface area contributed by atoms with E-state index in [4.69, 9.17) is 16.7 Å². The van der Waals surface area contributed by atoms with Crippen LogP contribution in [0, 0.1) is 0 Å². The van der Waals surface area contributed by atoms with Crippen LogP contribution < -0.4 is 5.32 Å². The molecule has 1 aromatic carbocycles. The first kappa shape index (κ1) is 12.8. The van der Waals surface area contributed by atoms with E-state index < -0.39 is 0 Å². The zero-order valence-corrected chi connectivity index (χ0v) is 10.6. The Morgan fingerprint density at radius 1 is 1.17 bits per heavy atom. The van der Waals surface area contributed by atoms with Crippen molar-refractivity contribution in [2.75, 3.05) is 18.5 Å². The molecule has 0 saturated heterocycles. The van der Waals surface area contributed by atoms with Crippen LogP contribution in [-0.4, -0.2) is 28.2 Å². The summed E-state index contributed by atoms with van der Waals surface area (Å²) in [6, 6.07) is 11.5. The quantitative estimate of drug-likeness (QED) is 0.643. The second-order valence-electron chi connectivity index (χ2n) is 3.77. The monoisotopic (exact) mass is 263 g/mol. The van der Waals surface area contributed by atoms with E-state index in [2.05, 4.69) is 15.3 Å². The highest BCUT2D eigenvalue weighted by atomic mass is 35.5. The van der Waals surface area contributed by atoms with Gasteiger partial charge >= 0.3 is 0 Å². The zero-order valence-electron chi connectivity index (χ0n) is 9.81. The number of aromatic nitrogens is 2. The highest BCUT2D eigenvalue weighted by Gasteiger charge is 2.04. The molecule has 5 heteroatoms. The maximum absolute atomic E-state index is 8.72. The third-order valence-electron chi connectivity index (χ3n) is 2.38. The van der Waals surface area contributed by atoms with E-state index in [0.29, 0.717) is 24.1 Å². The van der Waals surface area contributed by atoms with Crippen LogP contribution in [0.3, 0.4) is 0 Å². The number of aliphatic hydroxyl groups is 1. The minimum absolute atomic E-state index is 0.138. The molecule has 1 heterocycles. The largest absolute Gasteiger partial charge is 0.396 e. The average Bonchev–Trinajstić information content (AvgIpc) is 2.39. The van der Waals surface area contributed by atoms with Crippen LogP contribution in [0.4, 0.5) is 5.95 Å². The number of rotatable bonds is 5. The van der Waals surface area contributed by atoms with E-state index in [1.165, 1.54) is 0 Å². The van der Waals surface area contributed by atoms with Crippen molar-refractivity contribution in [2.45, 2.75) is 6.42 Å². The SMILES string of the molecule is OCCCNc1nc(Cl)cc(-c2ccccc2)n1. The maximum Gasteiger partial charge on any atom is 0.224 e. The van der Waals surface area contributed by atoms with Crippen LogP contribution in [0.15, 0.2) is 36.4 Å². The molecule has 18 heavy (non-hydrogen) atoms. The summed E-state index contributed by atoms with van der Waals surface area (Å²) < 4.78 is 0. The molecule has 0 spiro atoms. The summed E-state index contributed by atoms with van der Waals surface area (Å²) in [6.07, 6.45) is 0.649. The Labute approximate surface area is 111 Å². The second-order valence-corrected chi connectivity index (χ2v) is 4.16. The molecule has 0 aliphatic heterocycles. The summed E-state index contributed by atoms with van der Waals surface area (Å²) in [7, 11) is 0. The molecule has 0 radical (unpaired) electrons. The summed E-state index contributed by atoms with van der Waals surface area (Å²) >= 11 is 5.97. The number of benzene rings is 1. The van der Waals surface area contributed by atoms with Gasteiger partial charge < -0.3 is 10.4 Å². The molecule has 0 unspecified atom stereocenters. The van der Waals surface area contributed by atoms with E-state index in [9.17, 15) is 0 Å². The molecule has 4 nitrogen and oxygen atoms in total. The van der Waals surface area contributed by atoms with Gasteiger partial charge in [-0.05, 0) is 6.42 Å². The lowest BCUT2D eigenvalue weighted by atomic mass is 10.1. The van der Waals surface area contributed by atoms with Gasteiger partial charge in [0.1, 0.15) is 5.15 Å². The van der Waals surface area contributed by atoms with Crippen LogP contribution in [0.25, 0.3) is 11.3 Å². The molecule has 0 saturated carbocycles. The Bertz CT molecular complexity index is 505. The van der Waals surface area contributed by atoms with Crippen molar-refractivity contribution in [1.29, 1.82) is 0 Å². The summed E-state index contributed by atoms with van der Waals surface area (Å²) in [5, 5.41) is 12.2. The molecule has 0 aliphatic carbocycles. The van der Waals surface area contributed by atoms with Crippen molar-refractivity contribution in [3.63, 3.8) is 0 Å². The van der Waals surface area contributed by atoms with Crippen LogP contribution in [0.2, 0.25) is 5.15 Å². The predicted octanol–water partition coefficient (Wildman–Crippen LogP) is 2.59. The van der Waals surface area contributed by atoms with Gasteiger partial charge in [0.15, 0.2) is 0 Å². The van der Waals surface area contributed by atoms with Crippen molar-refractivity contribution >= 4 is 17.5 Å². The normalized spacial score (nSPS) is 10.3. The summed E-state index contributed by atoms with van der Waals surface area (Å²) in [5.74, 6) is 0.481. The average molecular weight is 264 g/mol. The van der Waals surface area contributed by atoms with Crippen LogP contribution in [-0.2, 0) is 0 Å². The molecule has 2 aromatic rings. The van der Waals surface area contributed by atoms with Gasteiger partial charge in [0.2, 0.25) is 5.95 Å². The number of hydrogen-bond donors (Lipinski definition) is 2. The van der Waals surface area contributed by atoms with E-state index >= 15 is 0 Å². The highest BCUT2D eigenvalue weighted by Crippen LogP contribution is 2.20. The second kappa shape index (κ2) is 6.33. The fourth-order valence-electron chi connectivity index (χ4n) is 1.53. The van der Waals surface area contributed by atoms with E-state index in [1.807, 2.05) is 30.3 Å². The first-order chi connectivity index (χ1) is 8.79. The molecule has 0 atom stereocenters. The first-order valence-corrected chi connectivity index (χ1v) is 6.12.